The lowest BCUT2D eigenvalue weighted by Crippen LogP contribution is -2.55. The molecule has 0 saturated carbocycles. The Morgan fingerprint density at radius 3 is 2.20 bits per heavy atom. The molecule has 1 amide bonds. The van der Waals surface area contributed by atoms with E-state index in [9.17, 15) is 13.2 Å². The Morgan fingerprint density at radius 1 is 0.943 bits per heavy atom. The van der Waals surface area contributed by atoms with E-state index in [4.69, 9.17) is 4.74 Å². The maximum atomic E-state index is 13.6. The molecule has 35 heavy (non-hydrogen) atoms. The molecule has 8 heteroatoms. The molecule has 3 aromatic carbocycles. The molecule has 1 aliphatic rings. The molecule has 0 spiro atoms. The number of rotatable bonds is 8. The number of carbonyl (C=O) groups is 1. The fourth-order valence-electron chi connectivity index (χ4n) is 4.32. The monoisotopic (exact) mass is 493 g/mol. The number of hydrogen-bond acceptors (Lipinski definition) is 5. The van der Waals surface area contributed by atoms with Gasteiger partial charge in [0.05, 0.1) is 7.11 Å². The highest BCUT2D eigenvalue weighted by Gasteiger charge is 2.32. The predicted octanol–water partition coefficient (Wildman–Crippen LogP) is 3.24. The zero-order valence-electron chi connectivity index (χ0n) is 20.1. The third-order valence-corrected chi connectivity index (χ3v) is 7.69. The van der Waals surface area contributed by atoms with E-state index in [1.165, 1.54) is 7.11 Å². The van der Waals surface area contributed by atoms with Gasteiger partial charge < -0.3 is 14.5 Å². The van der Waals surface area contributed by atoms with Gasteiger partial charge in [0.15, 0.2) is 0 Å². The first kappa shape index (κ1) is 24.8. The number of ether oxygens (including phenoxy) is 1. The third kappa shape index (κ3) is 6.01. The minimum absolute atomic E-state index is 0.0276. The zero-order valence-corrected chi connectivity index (χ0v) is 20.9. The molecule has 1 saturated heterocycles. The Balaban J connectivity index is 1.55. The van der Waals surface area contributed by atoms with E-state index in [0.29, 0.717) is 26.2 Å². The SMILES string of the molecule is COc1ccc(C)cc1S(=O)(=O)N[C@@H](Cc1ccccc1)C(=O)N1CCN(c2ccccc2)CC1. The van der Waals surface area contributed by atoms with E-state index < -0.39 is 16.1 Å². The second kappa shape index (κ2) is 10.9. The van der Waals surface area contributed by atoms with Crippen LogP contribution in [0, 0.1) is 6.92 Å². The van der Waals surface area contributed by atoms with Crippen LogP contribution in [-0.2, 0) is 21.2 Å². The maximum absolute atomic E-state index is 13.6. The van der Waals surface area contributed by atoms with Crippen molar-refractivity contribution in [2.45, 2.75) is 24.3 Å². The molecule has 1 aliphatic heterocycles. The first-order valence-electron chi connectivity index (χ1n) is 11.7. The molecular formula is C27H31N3O4S. The average molecular weight is 494 g/mol. The molecule has 1 heterocycles. The van der Waals surface area contributed by atoms with Gasteiger partial charge in [-0.1, -0.05) is 54.6 Å². The van der Waals surface area contributed by atoms with E-state index >= 15 is 0 Å². The first-order chi connectivity index (χ1) is 16.9. The molecule has 0 aliphatic carbocycles. The summed E-state index contributed by atoms with van der Waals surface area (Å²) in [5.74, 6) is 0.0160. The molecule has 0 radical (unpaired) electrons. The van der Waals surface area contributed by atoms with Gasteiger partial charge in [-0.3, -0.25) is 4.79 Å². The Hall–Kier alpha value is -3.36. The maximum Gasteiger partial charge on any atom is 0.244 e. The van der Waals surface area contributed by atoms with Crippen LogP contribution in [0.4, 0.5) is 5.69 Å². The van der Waals surface area contributed by atoms with E-state index in [2.05, 4.69) is 21.8 Å². The Morgan fingerprint density at radius 2 is 1.57 bits per heavy atom. The smallest absolute Gasteiger partial charge is 0.244 e. The number of aryl methyl sites for hydroxylation is 1. The van der Waals surface area contributed by atoms with Gasteiger partial charge in [-0.15, -0.1) is 0 Å². The number of amides is 1. The zero-order chi connectivity index (χ0) is 24.8. The number of methoxy groups -OCH3 is 1. The molecule has 7 nitrogen and oxygen atoms in total. The lowest BCUT2D eigenvalue weighted by molar-refractivity contribution is -0.133. The molecule has 4 rings (SSSR count). The normalized spacial score (nSPS) is 15.0. The summed E-state index contributed by atoms with van der Waals surface area (Å²) < 4.78 is 34.8. The van der Waals surface area contributed by atoms with Crippen molar-refractivity contribution in [3.05, 3.63) is 90.0 Å². The van der Waals surface area contributed by atoms with Gasteiger partial charge in [0.1, 0.15) is 16.7 Å². The van der Waals surface area contributed by atoms with Gasteiger partial charge >= 0.3 is 0 Å². The summed E-state index contributed by atoms with van der Waals surface area (Å²) in [6, 6.07) is 23.6. The molecule has 3 aromatic rings. The molecule has 1 fully saturated rings. The first-order valence-corrected chi connectivity index (χ1v) is 13.2. The van der Waals surface area contributed by atoms with E-state index in [1.54, 1.807) is 23.1 Å². The summed E-state index contributed by atoms with van der Waals surface area (Å²) in [7, 11) is -2.58. The van der Waals surface area contributed by atoms with Crippen LogP contribution < -0.4 is 14.4 Å². The van der Waals surface area contributed by atoms with Crippen LogP contribution in [0.2, 0.25) is 0 Å². The topological polar surface area (TPSA) is 78.9 Å². The Kier molecular flexibility index (Phi) is 7.73. The van der Waals surface area contributed by atoms with Gasteiger partial charge in [-0.2, -0.15) is 4.72 Å². The summed E-state index contributed by atoms with van der Waals surface area (Å²) in [4.78, 5) is 17.6. The fourth-order valence-corrected chi connectivity index (χ4v) is 5.76. The molecule has 0 unspecified atom stereocenters. The van der Waals surface area contributed by atoms with E-state index in [-0.39, 0.29) is 23.0 Å². The summed E-state index contributed by atoms with van der Waals surface area (Å²) in [5.41, 5.74) is 2.79. The van der Waals surface area contributed by atoms with E-state index in [1.807, 2.05) is 55.5 Å². The highest BCUT2D eigenvalue weighted by molar-refractivity contribution is 7.89. The van der Waals surface area contributed by atoms with Crippen molar-refractivity contribution in [1.29, 1.82) is 0 Å². The lowest BCUT2D eigenvalue weighted by Gasteiger charge is -2.37. The summed E-state index contributed by atoms with van der Waals surface area (Å²) in [6.07, 6.45) is 0.256. The summed E-state index contributed by atoms with van der Waals surface area (Å²) in [5, 5.41) is 0. The molecule has 1 atom stereocenters. The van der Waals surface area contributed by atoms with Crippen LogP contribution in [-0.4, -0.2) is 58.6 Å². The Bertz CT molecular complexity index is 1240. The van der Waals surface area contributed by atoms with Gasteiger partial charge in [0.2, 0.25) is 15.9 Å². The van der Waals surface area contributed by atoms with Crippen LogP contribution in [0.1, 0.15) is 11.1 Å². The molecule has 0 bridgehead atoms. The van der Waals surface area contributed by atoms with Crippen molar-refractivity contribution in [2.24, 2.45) is 0 Å². The number of nitrogens with one attached hydrogen (secondary N) is 1. The number of carbonyl (C=O) groups excluding carboxylic acids is 1. The van der Waals surface area contributed by atoms with Gasteiger partial charge in [0, 0.05) is 31.9 Å². The quantitative estimate of drug-likeness (QED) is 0.521. The van der Waals surface area contributed by atoms with Gasteiger partial charge in [-0.05, 0) is 48.7 Å². The van der Waals surface area contributed by atoms with Gasteiger partial charge in [-0.25, -0.2) is 8.42 Å². The number of hydrogen-bond donors (Lipinski definition) is 1. The molecule has 0 aromatic heterocycles. The predicted molar refractivity (Wildman–Crippen MR) is 137 cm³/mol. The van der Waals surface area contributed by atoms with Crippen molar-refractivity contribution >= 4 is 21.6 Å². The molecular weight excluding hydrogens is 462 g/mol. The number of anilines is 1. The van der Waals surface area contributed by atoms with Crippen LogP contribution in [0.3, 0.4) is 0 Å². The summed E-state index contributed by atoms with van der Waals surface area (Å²) >= 11 is 0. The lowest BCUT2D eigenvalue weighted by atomic mass is 10.1. The third-order valence-electron chi connectivity index (χ3n) is 6.20. The summed E-state index contributed by atoms with van der Waals surface area (Å²) in [6.45, 7) is 4.23. The number of nitrogens with zero attached hydrogens (tertiary/aromatic N) is 2. The fraction of sp³-hybridized carbons (Fsp3) is 0.296. The van der Waals surface area contributed by atoms with Crippen molar-refractivity contribution in [2.75, 3.05) is 38.2 Å². The van der Waals surface area contributed by atoms with Crippen molar-refractivity contribution < 1.29 is 17.9 Å². The standard InChI is InChI=1S/C27H31N3O4S/c1-21-13-14-25(34-2)26(19-21)35(32,33)28-24(20-22-9-5-3-6-10-22)27(31)30-17-15-29(16-18-30)23-11-7-4-8-12-23/h3-14,19,24,28H,15-18,20H2,1-2H3/t24-/m0/s1. The van der Waals surface area contributed by atoms with Crippen LogP contribution in [0.15, 0.2) is 83.8 Å². The van der Waals surface area contributed by atoms with Crippen LogP contribution in [0.5, 0.6) is 5.75 Å². The largest absolute Gasteiger partial charge is 0.495 e. The minimum Gasteiger partial charge on any atom is -0.495 e. The second-order valence-electron chi connectivity index (χ2n) is 8.67. The van der Waals surface area contributed by atoms with E-state index in [0.717, 1.165) is 16.8 Å². The van der Waals surface area contributed by atoms with Gasteiger partial charge in [0.25, 0.3) is 0 Å². The number of benzene rings is 3. The van der Waals surface area contributed by atoms with Crippen LogP contribution in [0.25, 0.3) is 0 Å². The Labute approximate surface area is 207 Å². The second-order valence-corrected chi connectivity index (χ2v) is 10.3. The van der Waals surface area contributed by atoms with Crippen molar-refractivity contribution in [3.63, 3.8) is 0 Å². The minimum atomic E-state index is -4.02. The van der Waals surface area contributed by atoms with Crippen molar-refractivity contribution in [1.82, 2.24) is 9.62 Å². The average Bonchev–Trinajstić information content (AvgIpc) is 2.89. The highest BCUT2D eigenvalue weighted by atomic mass is 32.2. The van der Waals surface area contributed by atoms with Crippen molar-refractivity contribution in [3.8, 4) is 5.75 Å². The number of sulfonamides is 1. The number of piperazine rings is 1. The number of para-hydroxylation sites is 1. The van der Waals surface area contributed by atoms with Crippen LogP contribution >= 0.6 is 0 Å². The highest BCUT2D eigenvalue weighted by Crippen LogP contribution is 2.25. The molecule has 1 N–H and O–H groups in total. The molecule has 184 valence electrons.